The number of aryl methyl sites for hydroxylation is 1. The van der Waals surface area contributed by atoms with Gasteiger partial charge in [0.25, 0.3) is 5.91 Å². The molecule has 1 heterocycles. The quantitative estimate of drug-likeness (QED) is 0.838. The Bertz CT molecular complexity index is 690. The van der Waals surface area contributed by atoms with Gasteiger partial charge in [-0.25, -0.2) is 0 Å². The van der Waals surface area contributed by atoms with Crippen LogP contribution in [0.3, 0.4) is 0 Å². The van der Waals surface area contributed by atoms with Gasteiger partial charge in [-0.15, -0.1) is 0 Å². The highest BCUT2D eigenvalue weighted by molar-refractivity contribution is 5.95. The van der Waals surface area contributed by atoms with Gasteiger partial charge in [0.2, 0.25) is 0 Å². The van der Waals surface area contributed by atoms with Crippen molar-refractivity contribution in [2.75, 3.05) is 7.05 Å². The molecular formula is C20H24N2O. The Morgan fingerprint density at radius 3 is 2.61 bits per heavy atom. The number of pyridine rings is 1. The number of rotatable bonds is 3. The van der Waals surface area contributed by atoms with E-state index < -0.39 is 0 Å². The average Bonchev–Trinajstić information content (AvgIpc) is 2.61. The van der Waals surface area contributed by atoms with E-state index in [4.69, 9.17) is 0 Å². The maximum atomic E-state index is 12.8. The van der Waals surface area contributed by atoms with Gasteiger partial charge in [-0.1, -0.05) is 49.1 Å². The molecule has 3 rings (SSSR count). The maximum Gasteiger partial charge on any atom is 0.255 e. The lowest BCUT2D eigenvalue weighted by Crippen LogP contribution is -2.38. The van der Waals surface area contributed by atoms with E-state index in [0.717, 1.165) is 24.0 Å². The summed E-state index contributed by atoms with van der Waals surface area (Å²) in [5, 5.41) is 0. The monoisotopic (exact) mass is 308 g/mol. The number of carbonyl (C=O) groups excluding carboxylic acids is 1. The Balaban J connectivity index is 1.82. The molecule has 3 nitrogen and oxygen atoms in total. The van der Waals surface area contributed by atoms with Crippen molar-refractivity contribution in [2.24, 2.45) is 0 Å². The van der Waals surface area contributed by atoms with Crippen molar-refractivity contribution in [3.63, 3.8) is 0 Å². The molecule has 3 heteroatoms. The topological polar surface area (TPSA) is 33.2 Å². The molecule has 2 aromatic rings. The normalized spacial score (nSPS) is 15.4. The first-order valence-electron chi connectivity index (χ1n) is 8.44. The molecule has 0 radical (unpaired) electrons. The molecule has 1 saturated carbocycles. The number of amides is 1. The van der Waals surface area contributed by atoms with E-state index >= 15 is 0 Å². The Morgan fingerprint density at radius 1 is 1.09 bits per heavy atom. The number of hydrogen-bond donors (Lipinski definition) is 0. The molecule has 23 heavy (non-hydrogen) atoms. The zero-order chi connectivity index (χ0) is 16.2. The molecule has 0 bridgehead atoms. The highest BCUT2D eigenvalue weighted by Gasteiger charge is 2.23. The third kappa shape index (κ3) is 3.61. The lowest BCUT2D eigenvalue weighted by molar-refractivity contribution is 0.0696. The fourth-order valence-corrected chi connectivity index (χ4v) is 3.38. The van der Waals surface area contributed by atoms with Crippen LogP contribution in [0.25, 0.3) is 11.1 Å². The fourth-order valence-electron chi connectivity index (χ4n) is 3.38. The van der Waals surface area contributed by atoms with Gasteiger partial charge < -0.3 is 4.90 Å². The lowest BCUT2D eigenvalue weighted by Gasteiger charge is -2.31. The van der Waals surface area contributed by atoms with E-state index in [2.05, 4.69) is 30.1 Å². The van der Waals surface area contributed by atoms with Crippen LogP contribution in [0.2, 0.25) is 0 Å². The minimum atomic E-state index is 0.0823. The fraction of sp³-hybridized carbons (Fsp3) is 0.400. The molecule has 1 aliphatic carbocycles. The van der Waals surface area contributed by atoms with Gasteiger partial charge in [0.15, 0.2) is 0 Å². The SMILES string of the molecule is Cc1cccc(-c2cncc(C(=O)N(C)C3CCCCC3)c2)c1. The molecule has 0 atom stereocenters. The van der Waals surface area contributed by atoms with Crippen LogP contribution < -0.4 is 0 Å². The van der Waals surface area contributed by atoms with E-state index in [1.807, 2.05) is 30.3 Å². The number of nitrogens with zero attached hydrogens (tertiary/aromatic N) is 2. The molecule has 120 valence electrons. The highest BCUT2D eigenvalue weighted by Crippen LogP contribution is 2.24. The highest BCUT2D eigenvalue weighted by atomic mass is 16.2. The number of aromatic nitrogens is 1. The molecule has 0 spiro atoms. The van der Waals surface area contributed by atoms with Gasteiger partial charge >= 0.3 is 0 Å². The summed E-state index contributed by atoms with van der Waals surface area (Å²) in [6, 6.07) is 10.6. The smallest absolute Gasteiger partial charge is 0.255 e. The summed E-state index contributed by atoms with van der Waals surface area (Å²) >= 11 is 0. The van der Waals surface area contributed by atoms with Crippen LogP contribution in [0.4, 0.5) is 0 Å². The van der Waals surface area contributed by atoms with Crippen molar-refractivity contribution in [2.45, 2.75) is 45.1 Å². The largest absolute Gasteiger partial charge is 0.339 e. The summed E-state index contributed by atoms with van der Waals surface area (Å²) < 4.78 is 0. The van der Waals surface area contributed by atoms with Gasteiger partial charge in [0.1, 0.15) is 0 Å². The van der Waals surface area contributed by atoms with Gasteiger partial charge in [-0.05, 0) is 31.4 Å². The summed E-state index contributed by atoms with van der Waals surface area (Å²) in [4.78, 5) is 19.0. The third-order valence-electron chi connectivity index (χ3n) is 4.78. The van der Waals surface area contributed by atoms with E-state index in [1.54, 1.807) is 6.20 Å². The number of benzene rings is 1. The Morgan fingerprint density at radius 2 is 1.87 bits per heavy atom. The second kappa shape index (κ2) is 6.95. The van der Waals surface area contributed by atoms with Crippen molar-refractivity contribution >= 4 is 5.91 Å². The molecule has 1 fully saturated rings. The van der Waals surface area contributed by atoms with Crippen molar-refractivity contribution in [1.29, 1.82) is 0 Å². The average molecular weight is 308 g/mol. The molecule has 0 unspecified atom stereocenters. The van der Waals surface area contributed by atoms with Gasteiger partial charge in [-0.2, -0.15) is 0 Å². The summed E-state index contributed by atoms with van der Waals surface area (Å²) in [5.41, 5.74) is 3.99. The first-order chi connectivity index (χ1) is 11.1. The third-order valence-corrected chi connectivity index (χ3v) is 4.78. The summed E-state index contributed by atoms with van der Waals surface area (Å²) in [6.07, 6.45) is 9.49. The standard InChI is InChI=1S/C20H24N2O/c1-15-7-6-8-16(11-15)17-12-18(14-21-13-17)20(23)22(2)19-9-4-3-5-10-19/h6-8,11-14,19H,3-5,9-10H2,1-2H3. The van der Waals surface area contributed by atoms with Crippen LogP contribution in [-0.2, 0) is 0 Å². The molecule has 0 saturated heterocycles. The minimum Gasteiger partial charge on any atom is -0.339 e. The van der Waals surface area contributed by atoms with E-state index in [0.29, 0.717) is 11.6 Å². The minimum absolute atomic E-state index is 0.0823. The van der Waals surface area contributed by atoms with Crippen molar-refractivity contribution in [1.82, 2.24) is 9.88 Å². The van der Waals surface area contributed by atoms with Gasteiger partial charge in [0, 0.05) is 31.0 Å². The lowest BCUT2D eigenvalue weighted by atomic mass is 9.94. The Hall–Kier alpha value is -2.16. The van der Waals surface area contributed by atoms with Crippen LogP contribution in [-0.4, -0.2) is 28.9 Å². The van der Waals surface area contributed by atoms with Crippen molar-refractivity contribution in [3.8, 4) is 11.1 Å². The zero-order valence-electron chi connectivity index (χ0n) is 14.0. The maximum absolute atomic E-state index is 12.8. The molecule has 0 N–H and O–H groups in total. The molecule has 1 aromatic carbocycles. The van der Waals surface area contributed by atoms with Crippen LogP contribution in [0.15, 0.2) is 42.7 Å². The number of carbonyl (C=O) groups is 1. The van der Waals surface area contributed by atoms with E-state index in [-0.39, 0.29) is 5.91 Å². The van der Waals surface area contributed by atoms with Crippen molar-refractivity contribution in [3.05, 3.63) is 53.9 Å². The molecule has 1 aliphatic rings. The Kier molecular flexibility index (Phi) is 4.75. The first-order valence-corrected chi connectivity index (χ1v) is 8.44. The second-order valence-electron chi connectivity index (χ2n) is 6.54. The molecular weight excluding hydrogens is 284 g/mol. The van der Waals surface area contributed by atoms with Crippen LogP contribution in [0.1, 0.15) is 48.0 Å². The summed E-state index contributed by atoms with van der Waals surface area (Å²) in [5.74, 6) is 0.0823. The predicted octanol–water partition coefficient (Wildman–Crippen LogP) is 4.46. The zero-order valence-corrected chi connectivity index (χ0v) is 14.0. The molecule has 1 amide bonds. The van der Waals surface area contributed by atoms with Crippen LogP contribution >= 0.6 is 0 Å². The second-order valence-corrected chi connectivity index (χ2v) is 6.54. The summed E-state index contributed by atoms with van der Waals surface area (Å²) in [6.45, 7) is 2.07. The Labute approximate surface area is 138 Å². The number of hydrogen-bond acceptors (Lipinski definition) is 2. The van der Waals surface area contributed by atoms with Crippen LogP contribution in [0, 0.1) is 6.92 Å². The van der Waals surface area contributed by atoms with Gasteiger partial charge in [0.05, 0.1) is 5.56 Å². The van der Waals surface area contributed by atoms with Gasteiger partial charge in [-0.3, -0.25) is 9.78 Å². The van der Waals surface area contributed by atoms with E-state index in [9.17, 15) is 4.79 Å². The first kappa shape index (κ1) is 15.7. The van der Waals surface area contributed by atoms with Crippen molar-refractivity contribution < 1.29 is 4.79 Å². The molecule has 1 aromatic heterocycles. The van der Waals surface area contributed by atoms with Crippen LogP contribution in [0.5, 0.6) is 0 Å². The summed E-state index contributed by atoms with van der Waals surface area (Å²) in [7, 11) is 1.93. The van der Waals surface area contributed by atoms with E-state index in [1.165, 1.54) is 24.8 Å². The molecule has 0 aliphatic heterocycles. The predicted molar refractivity (Wildman–Crippen MR) is 93.4 cm³/mol.